The molecule has 1 unspecified atom stereocenters. The molecule has 0 aliphatic carbocycles. The van der Waals surface area contributed by atoms with Crippen molar-refractivity contribution in [2.45, 2.75) is 37.8 Å². The molecule has 0 aliphatic heterocycles. The monoisotopic (exact) mass is 520 g/mol. The molecule has 5 heteroatoms. The van der Waals surface area contributed by atoms with Gasteiger partial charge >= 0.3 is 5.97 Å². The van der Waals surface area contributed by atoms with Crippen LogP contribution >= 0.6 is 0 Å². The molecule has 0 saturated heterocycles. The number of carboxylic acid groups (broad SMARTS) is 1. The number of carbonyl (C=O) groups is 2. The van der Waals surface area contributed by atoms with Crippen LogP contribution in [0.3, 0.4) is 0 Å². The molecule has 200 valence electrons. The number of aliphatic carboxylic acids is 1. The van der Waals surface area contributed by atoms with E-state index in [4.69, 9.17) is 0 Å². The molecule has 39 heavy (non-hydrogen) atoms. The van der Waals surface area contributed by atoms with Gasteiger partial charge < -0.3 is 14.9 Å². The molecular weight excluding hydrogens is 484 g/mol. The summed E-state index contributed by atoms with van der Waals surface area (Å²) in [7, 11) is 3.63. The van der Waals surface area contributed by atoms with Gasteiger partial charge in [-0.25, -0.2) is 4.79 Å². The highest BCUT2D eigenvalue weighted by molar-refractivity contribution is 5.83. The van der Waals surface area contributed by atoms with Crippen molar-refractivity contribution >= 4 is 17.6 Å². The van der Waals surface area contributed by atoms with E-state index in [2.05, 4.69) is 41.3 Å². The van der Waals surface area contributed by atoms with E-state index in [0.717, 1.165) is 28.9 Å². The molecule has 0 aliphatic rings. The van der Waals surface area contributed by atoms with Crippen LogP contribution in [0.2, 0.25) is 0 Å². The van der Waals surface area contributed by atoms with Crippen molar-refractivity contribution < 1.29 is 14.7 Å². The second-order valence-electron chi connectivity index (χ2n) is 9.98. The lowest BCUT2D eigenvalue weighted by Crippen LogP contribution is -2.43. The van der Waals surface area contributed by atoms with Gasteiger partial charge in [0.15, 0.2) is 0 Å². The Bertz CT molecular complexity index is 1290. The van der Waals surface area contributed by atoms with Gasteiger partial charge in [-0.3, -0.25) is 4.79 Å². The maximum atomic E-state index is 13.2. The summed E-state index contributed by atoms with van der Waals surface area (Å²) >= 11 is 0. The number of carbonyl (C=O) groups excluding carboxylic acids is 1. The van der Waals surface area contributed by atoms with Gasteiger partial charge in [0.25, 0.3) is 0 Å². The Hall–Kier alpha value is -4.38. The van der Waals surface area contributed by atoms with Gasteiger partial charge in [0.1, 0.15) is 6.04 Å². The largest absolute Gasteiger partial charge is 0.480 e. The molecule has 0 spiro atoms. The average molecular weight is 521 g/mol. The van der Waals surface area contributed by atoms with Gasteiger partial charge in [0.2, 0.25) is 5.91 Å². The van der Waals surface area contributed by atoms with E-state index in [1.807, 2.05) is 85.9 Å². The summed E-state index contributed by atoms with van der Waals surface area (Å²) in [6.45, 7) is 0.780. The quantitative estimate of drug-likeness (QED) is 0.235. The van der Waals surface area contributed by atoms with Crippen LogP contribution in [0.4, 0.5) is 5.69 Å². The van der Waals surface area contributed by atoms with Crippen molar-refractivity contribution in [3.8, 4) is 0 Å². The first-order valence-electron chi connectivity index (χ1n) is 13.3. The van der Waals surface area contributed by atoms with E-state index >= 15 is 0 Å². The molecule has 4 rings (SSSR count). The number of amides is 1. The number of benzene rings is 4. The van der Waals surface area contributed by atoms with Crippen molar-refractivity contribution in [1.82, 2.24) is 4.90 Å². The number of carboxylic acids is 1. The number of rotatable bonds is 12. The fourth-order valence-electron chi connectivity index (χ4n) is 4.96. The first-order chi connectivity index (χ1) is 18.9. The first-order valence-corrected chi connectivity index (χ1v) is 13.3. The molecule has 0 saturated carbocycles. The highest BCUT2D eigenvalue weighted by Crippen LogP contribution is 2.29. The van der Waals surface area contributed by atoms with Gasteiger partial charge in [-0.15, -0.1) is 0 Å². The molecule has 1 N–H and O–H groups in total. The third-order valence-electron chi connectivity index (χ3n) is 7.27. The summed E-state index contributed by atoms with van der Waals surface area (Å²) < 4.78 is 0. The van der Waals surface area contributed by atoms with Crippen LogP contribution in [0.5, 0.6) is 0 Å². The highest BCUT2D eigenvalue weighted by Gasteiger charge is 2.27. The Morgan fingerprint density at radius 1 is 0.692 bits per heavy atom. The Labute approximate surface area is 231 Å². The molecule has 1 atom stereocenters. The van der Waals surface area contributed by atoms with Crippen LogP contribution in [-0.2, 0) is 22.6 Å². The molecule has 5 nitrogen and oxygen atoms in total. The Morgan fingerprint density at radius 2 is 1.21 bits per heavy atom. The number of hydrogen-bond acceptors (Lipinski definition) is 3. The molecule has 1 amide bonds. The van der Waals surface area contributed by atoms with E-state index in [-0.39, 0.29) is 24.7 Å². The Morgan fingerprint density at radius 3 is 1.72 bits per heavy atom. The minimum Gasteiger partial charge on any atom is -0.480 e. The predicted molar refractivity (Wildman–Crippen MR) is 157 cm³/mol. The van der Waals surface area contributed by atoms with E-state index in [0.29, 0.717) is 6.42 Å². The third-order valence-corrected chi connectivity index (χ3v) is 7.27. The van der Waals surface area contributed by atoms with Crippen molar-refractivity contribution in [3.63, 3.8) is 0 Å². The summed E-state index contributed by atoms with van der Waals surface area (Å²) in [5.41, 5.74) is 5.44. The fraction of sp³-hybridized carbons (Fsp3) is 0.235. The maximum Gasteiger partial charge on any atom is 0.326 e. The van der Waals surface area contributed by atoms with Gasteiger partial charge in [0.05, 0.1) is 0 Å². The highest BCUT2D eigenvalue weighted by atomic mass is 16.4. The van der Waals surface area contributed by atoms with Gasteiger partial charge in [0, 0.05) is 45.1 Å². The summed E-state index contributed by atoms with van der Waals surface area (Å²) in [5, 5.41) is 9.99. The zero-order valence-electron chi connectivity index (χ0n) is 22.6. The van der Waals surface area contributed by atoms with E-state index in [1.165, 1.54) is 10.5 Å². The topological polar surface area (TPSA) is 60.9 Å². The lowest BCUT2D eigenvalue weighted by molar-refractivity contribution is -0.149. The van der Waals surface area contributed by atoms with E-state index in [1.54, 1.807) is 7.05 Å². The normalized spacial score (nSPS) is 11.7. The number of likely N-dealkylation sites (N-methyl/N-ethyl adjacent to an activating group) is 1. The number of hydrogen-bond donors (Lipinski definition) is 1. The number of nitrogens with zero attached hydrogens (tertiary/aromatic N) is 2. The minimum atomic E-state index is -1.00. The molecule has 0 radical (unpaired) electrons. The summed E-state index contributed by atoms with van der Waals surface area (Å²) in [6, 6.07) is 37.5. The lowest BCUT2D eigenvalue weighted by Gasteiger charge is -2.26. The molecule has 4 aromatic rings. The first kappa shape index (κ1) is 27.6. The maximum absolute atomic E-state index is 13.2. The van der Waals surface area contributed by atoms with Crippen molar-refractivity contribution in [1.29, 1.82) is 0 Å². The molecule has 0 aromatic heterocycles. The van der Waals surface area contributed by atoms with Crippen LogP contribution in [0, 0.1) is 0 Å². The van der Waals surface area contributed by atoms with Crippen LogP contribution in [0.25, 0.3) is 0 Å². The van der Waals surface area contributed by atoms with Crippen LogP contribution in [0.1, 0.15) is 41.0 Å². The van der Waals surface area contributed by atoms with Gasteiger partial charge in [-0.1, -0.05) is 103 Å². The van der Waals surface area contributed by atoms with Crippen LogP contribution < -0.4 is 4.90 Å². The molecule has 0 bridgehead atoms. The van der Waals surface area contributed by atoms with Gasteiger partial charge in [-0.2, -0.15) is 0 Å². The SMILES string of the molecule is CN(Cc1ccccc1)c1ccc(CC(C(=O)O)N(C)C(=O)CCC(c2ccccc2)c2ccccc2)cc1. The van der Waals surface area contributed by atoms with Crippen molar-refractivity contribution in [3.05, 3.63) is 138 Å². The minimum absolute atomic E-state index is 0.0634. The van der Waals surface area contributed by atoms with E-state index in [9.17, 15) is 14.7 Å². The van der Waals surface area contributed by atoms with Gasteiger partial charge in [-0.05, 0) is 40.8 Å². The third kappa shape index (κ3) is 7.57. The Balaban J connectivity index is 1.39. The summed E-state index contributed by atoms with van der Waals surface area (Å²) in [6.07, 6.45) is 1.12. The predicted octanol–water partition coefficient (Wildman–Crippen LogP) is 6.39. The fourth-order valence-corrected chi connectivity index (χ4v) is 4.96. The lowest BCUT2D eigenvalue weighted by atomic mass is 9.87. The second kappa shape index (κ2) is 13.4. The smallest absolute Gasteiger partial charge is 0.326 e. The second-order valence-corrected chi connectivity index (χ2v) is 9.98. The molecule has 0 fully saturated rings. The molecule has 0 heterocycles. The molecule has 4 aromatic carbocycles. The van der Waals surface area contributed by atoms with E-state index < -0.39 is 12.0 Å². The molecular formula is C34H36N2O3. The average Bonchev–Trinajstić information content (AvgIpc) is 2.97. The zero-order chi connectivity index (χ0) is 27.6. The summed E-state index contributed by atoms with van der Waals surface area (Å²) in [4.78, 5) is 29.0. The van der Waals surface area contributed by atoms with Crippen molar-refractivity contribution in [2.75, 3.05) is 19.0 Å². The number of anilines is 1. The Kier molecular flexibility index (Phi) is 9.52. The standard InChI is InChI=1S/C34H36N2O3/c1-35(25-27-12-6-3-7-13-27)30-20-18-26(19-21-30)24-32(34(38)39)36(2)33(37)23-22-31(28-14-8-4-9-15-28)29-16-10-5-11-17-29/h3-21,31-32H,22-25H2,1-2H3,(H,38,39). The van der Waals surface area contributed by atoms with Crippen LogP contribution in [-0.4, -0.2) is 42.0 Å². The van der Waals surface area contributed by atoms with Crippen molar-refractivity contribution in [2.24, 2.45) is 0 Å². The zero-order valence-corrected chi connectivity index (χ0v) is 22.6. The van der Waals surface area contributed by atoms with Crippen LogP contribution in [0.15, 0.2) is 115 Å². The summed E-state index contributed by atoms with van der Waals surface area (Å²) in [5.74, 6) is -1.11.